The van der Waals surface area contributed by atoms with E-state index in [0.717, 1.165) is 38.0 Å². The van der Waals surface area contributed by atoms with Crippen molar-refractivity contribution in [1.29, 1.82) is 0 Å². The lowest BCUT2D eigenvalue weighted by Crippen LogP contribution is -2.50. The zero-order chi connectivity index (χ0) is 15.3. The van der Waals surface area contributed by atoms with Gasteiger partial charge in [-0.3, -0.25) is 4.79 Å². The van der Waals surface area contributed by atoms with Gasteiger partial charge in [-0.05, 0) is 50.5 Å². The van der Waals surface area contributed by atoms with Gasteiger partial charge in [-0.2, -0.15) is 0 Å². The molecule has 1 fully saturated rings. The number of rotatable bonds is 5. The van der Waals surface area contributed by atoms with Crippen LogP contribution < -0.4 is 11.1 Å². The zero-order valence-corrected chi connectivity index (χ0v) is 13.3. The van der Waals surface area contributed by atoms with E-state index >= 15 is 0 Å². The molecule has 0 aliphatic heterocycles. The third kappa shape index (κ3) is 4.07. The summed E-state index contributed by atoms with van der Waals surface area (Å²) >= 11 is 0. The number of nitrogens with two attached hydrogens (primary N) is 1. The molecule has 116 valence electrons. The first-order chi connectivity index (χ1) is 10.1. The van der Waals surface area contributed by atoms with Gasteiger partial charge in [-0.15, -0.1) is 0 Å². The lowest BCUT2D eigenvalue weighted by Gasteiger charge is -2.37. The molecule has 2 rings (SSSR count). The first kappa shape index (κ1) is 16.0. The molecule has 21 heavy (non-hydrogen) atoms. The van der Waals surface area contributed by atoms with E-state index < -0.39 is 0 Å². The molecule has 1 aromatic rings. The van der Waals surface area contributed by atoms with Crippen LogP contribution in [0.1, 0.15) is 45.1 Å². The van der Waals surface area contributed by atoms with Crippen LogP contribution in [0.25, 0.3) is 0 Å². The summed E-state index contributed by atoms with van der Waals surface area (Å²) in [5.41, 5.74) is 6.87. The number of carbonyl (C=O) groups excluding carboxylic acids is 1. The summed E-state index contributed by atoms with van der Waals surface area (Å²) in [4.78, 5) is 12.7. The maximum atomic E-state index is 12.7. The van der Waals surface area contributed by atoms with Crippen LogP contribution in [0.15, 0.2) is 30.3 Å². The molecule has 0 aromatic heterocycles. The van der Waals surface area contributed by atoms with Gasteiger partial charge >= 0.3 is 0 Å². The topological polar surface area (TPSA) is 55.1 Å². The van der Waals surface area contributed by atoms with E-state index in [1.807, 2.05) is 18.2 Å². The second-order valence-corrected chi connectivity index (χ2v) is 6.73. The minimum Gasteiger partial charge on any atom is -0.353 e. The predicted molar refractivity (Wildman–Crippen MR) is 86.9 cm³/mol. The molecular formula is C18H28N2O. The molecular weight excluding hydrogens is 260 g/mol. The Labute approximate surface area is 128 Å². The van der Waals surface area contributed by atoms with Crippen molar-refractivity contribution in [3.63, 3.8) is 0 Å². The van der Waals surface area contributed by atoms with Gasteiger partial charge in [0.25, 0.3) is 0 Å². The summed E-state index contributed by atoms with van der Waals surface area (Å²) in [6, 6.07) is 10.4. The fourth-order valence-corrected chi connectivity index (χ4v) is 3.23. The number of amides is 1. The van der Waals surface area contributed by atoms with E-state index in [1.165, 1.54) is 5.56 Å². The molecule has 0 heterocycles. The van der Waals surface area contributed by atoms with Crippen LogP contribution in [0.2, 0.25) is 0 Å². The van der Waals surface area contributed by atoms with Gasteiger partial charge in [0.2, 0.25) is 5.91 Å². The monoisotopic (exact) mass is 288 g/mol. The van der Waals surface area contributed by atoms with Crippen LogP contribution in [0.5, 0.6) is 0 Å². The number of carbonyl (C=O) groups is 1. The van der Waals surface area contributed by atoms with Crippen molar-refractivity contribution in [3.05, 3.63) is 35.9 Å². The highest BCUT2D eigenvalue weighted by molar-refractivity contribution is 5.83. The second kappa shape index (κ2) is 7.08. The quantitative estimate of drug-likeness (QED) is 0.875. The lowest BCUT2D eigenvalue weighted by atomic mass is 9.70. The summed E-state index contributed by atoms with van der Waals surface area (Å²) in [7, 11) is 0. The maximum Gasteiger partial charge on any atom is 0.227 e. The van der Waals surface area contributed by atoms with Crippen LogP contribution in [0, 0.1) is 11.3 Å². The van der Waals surface area contributed by atoms with E-state index in [2.05, 4.69) is 31.3 Å². The molecule has 1 aromatic carbocycles. The van der Waals surface area contributed by atoms with Gasteiger partial charge in [0.05, 0.1) is 5.41 Å². The fraction of sp³-hybridized carbons (Fsp3) is 0.611. The average Bonchev–Trinajstić information content (AvgIpc) is 2.49. The molecule has 1 unspecified atom stereocenters. The SMILES string of the molecule is CC1CCC(CN)(C(=O)NC(C)Cc2ccccc2)CC1. The Morgan fingerprint density at radius 1 is 1.33 bits per heavy atom. The number of hydrogen-bond donors (Lipinski definition) is 2. The normalized spacial score (nSPS) is 27.1. The third-order valence-electron chi connectivity index (χ3n) is 4.87. The van der Waals surface area contributed by atoms with E-state index in [4.69, 9.17) is 5.73 Å². The molecule has 1 atom stereocenters. The molecule has 0 radical (unpaired) electrons. The lowest BCUT2D eigenvalue weighted by molar-refractivity contribution is -0.133. The third-order valence-corrected chi connectivity index (χ3v) is 4.87. The Hall–Kier alpha value is -1.35. The van der Waals surface area contributed by atoms with Gasteiger partial charge in [0.15, 0.2) is 0 Å². The largest absolute Gasteiger partial charge is 0.353 e. The molecule has 3 heteroatoms. The minimum atomic E-state index is -0.336. The summed E-state index contributed by atoms with van der Waals surface area (Å²) < 4.78 is 0. The van der Waals surface area contributed by atoms with Crippen molar-refractivity contribution in [2.24, 2.45) is 17.1 Å². The van der Waals surface area contributed by atoms with Gasteiger partial charge < -0.3 is 11.1 Å². The van der Waals surface area contributed by atoms with Crippen molar-refractivity contribution in [1.82, 2.24) is 5.32 Å². The molecule has 0 saturated heterocycles. The van der Waals surface area contributed by atoms with E-state index in [1.54, 1.807) is 0 Å². The van der Waals surface area contributed by atoms with Crippen molar-refractivity contribution >= 4 is 5.91 Å². The average molecular weight is 288 g/mol. The minimum absolute atomic E-state index is 0.141. The smallest absolute Gasteiger partial charge is 0.227 e. The zero-order valence-electron chi connectivity index (χ0n) is 13.3. The van der Waals surface area contributed by atoms with Gasteiger partial charge in [-0.1, -0.05) is 37.3 Å². The number of benzene rings is 1. The summed E-state index contributed by atoms with van der Waals surface area (Å²) in [6.07, 6.45) is 4.93. The number of nitrogens with one attached hydrogen (secondary N) is 1. The van der Waals surface area contributed by atoms with E-state index in [9.17, 15) is 4.79 Å². The van der Waals surface area contributed by atoms with Crippen LogP contribution in [0.3, 0.4) is 0 Å². The maximum absolute atomic E-state index is 12.7. The van der Waals surface area contributed by atoms with E-state index in [-0.39, 0.29) is 17.4 Å². The molecule has 1 aliphatic carbocycles. The predicted octanol–water partition coefficient (Wildman–Crippen LogP) is 2.89. The van der Waals surface area contributed by atoms with Crippen molar-refractivity contribution in [3.8, 4) is 0 Å². The second-order valence-electron chi connectivity index (χ2n) is 6.73. The van der Waals surface area contributed by atoms with Crippen LogP contribution in [-0.4, -0.2) is 18.5 Å². The molecule has 3 N–H and O–H groups in total. The Morgan fingerprint density at radius 2 is 1.95 bits per heavy atom. The Bertz CT molecular complexity index is 450. The highest BCUT2D eigenvalue weighted by Crippen LogP contribution is 2.38. The Balaban J connectivity index is 1.93. The molecule has 0 bridgehead atoms. The highest BCUT2D eigenvalue weighted by atomic mass is 16.2. The first-order valence-corrected chi connectivity index (χ1v) is 8.11. The molecule has 0 spiro atoms. The summed E-state index contributed by atoms with van der Waals surface area (Å²) in [6.45, 7) is 4.79. The van der Waals surface area contributed by atoms with Crippen LogP contribution in [0.4, 0.5) is 0 Å². The fourth-order valence-electron chi connectivity index (χ4n) is 3.23. The van der Waals surface area contributed by atoms with Gasteiger partial charge in [0, 0.05) is 12.6 Å². The van der Waals surface area contributed by atoms with Gasteiger partial charge in [0.1, 0.15) is 0 Å². The molecule has 3 nitrogen and oxygen atoms in total. The highest BCUT2D eigenvalue weighted by Gasteiger charge is 2.40. The van der Waals surface area contributed by atoms with Crippen LogP contribution >= 0.6 is 0 Å². The van der Waals surface area contributed by atoms with Crippen molar-refractivity contribution < 1.29 is 4.79 Å². The molecule has 1 saturated carbocycles. The molecule has 1 amide bonds. The standard InChI is InChI=1S/C18H28N2O/c1-14-8-10-18(13-19,11-9-14)17(21)20-15(2)12-16-6-4-3-5-7-16/h3-7,14-15H,8-13,19H2,1-2H3,(H,20,21). The molecule has 1 aliphatic rings. The van der Waals surface area contributed by atoms with Crippen LogP contribution in [-0.2, 0) is 11.2 Å². The van der Waals surface area contributed by atoms with Gasteiger partial charge in [-0.25, -0.2) is 0 Å². The summed E-state index contributed by atoms with van der Waals surface area (Å²) in [5.74, 6) is 0.875. The summed E-state index contributed by atoms with van der Waals surface area (Å²) in [5, 5.41) is 3.19. The number of hydrogen-bond acceptors (Lipinski definition) is 2. The van der Waals surface area contributed by atoms with Crippen molar-refractivity contribution in [2.45, 2.75) is 52.0 Å². The first-order valence-electron chi connectivity index (χ1n) is 8.11. The van der Waals surface area contributed by atoms with Crippen molar-refractivity contribution in [2.75, 3.05) is 6.54 Å². The Morgan fingerprint density at radius 3 is 2.52 bits per heavy atom. The Kier molecular flexibility index (Phi) is 5.40. The van der Waals surface area contributed by atoms with E-state index in [0.29, 0.717) is 6.54 Å².